The second-order valence-electron chi connectivity index (χ2n) is 4.51. The largest absolute Gasteiger partial charge is 0.477 e. The lowest BCUT2D eigenvalue weighted by molar-refractivity contribution is 0.0702. The van der Waals surface area contributed by atoms with Gasteiger partial charge in [0.25, 0.3) is 0 Å². The second-order valence-corrected chi connectivity index (χ2v) is 7.42. The number of hydrogen-bond donors (Lipinski definition) is 3. The Kier molecular flexibility index (Phi) is 4.72. The molecule has 0 aliphatic carbocycles. The van der Waals surface area contributed by atoms with Crippen LogP contribution in [0, 0.1) is 6.92 Å². The summed E-state index contributed by atoms with van der Waals surface area (Å²) >= 11 is 0.909. The fourth-order valence-corrected chi connectivity index (χ4v) is 4.33. The number of carboxylic acid groups (broad SMARTS) is 1. The summed E-state index contributed by atoms with van der Waals surface area (Å²) in [7, 11) is -3.85. The molecule has 0 spiro atoms. The lowest BCUT2D eigenvalue weighted by Gasteiger charge is -2.26. The summed E-state index contributed by atoms with van der Waals surface area (Å²) < 4.78 is 26.8. The zero-order valence-corrected chi connectivity index (χ0v) is 12.6. The zero-order chi connectivity index (χ0) is 14.8. The van der Waals surface area contributed by atoms with Crippen LogP contribution in [0.2, 0.25) is 0 Å². The highest BCUT2D eigenvalue weighted by molar-refractivity contribution is 7.89. The van der Waals surface area contributed by atoms with Gasteiger partial charge in [-0.15, -0.1) is 11.3 Å². The monoisotopic (exact) mass is 307 g/mol. The molecule has 0 saturated heterocycles. The van der Waals surface area contributed by atoms with Gasteiger partial charge in [0.05, 0.1) is 17.0 Å². The number of carboxylic acids is 1. The molecule has 0 aromatic carbocycles. The molecule has 1 rings (SSSR count). The zero-order valence-electron chi connectivity index (χ0n) is 10.9. The van der Waals surface area contributed by atoms with E-state index in [1.54, 1.807) is 20.8 Å². The first-order valence-corrected chi connectivity index (χ1v) is 7.94. The predicted octanol–water partition coefficient (Wildman–Crippen LogP) is 1.19. The van der Waals surface area contributed by atoms with Crippen molar-refractivity contribution < 1.29 is 23.4 Å². The quantitative estimate of drug-likeness (QED) is 0.732. The van der Waals surface area contributed by atoms with Crippen molar-refractivity contribution in [3.8, 4) is 0 Å². The molecule has 0 fully saturated rings. The topological polar surface area (TPSA) is 104 Å². The van der Waals surface area contributed by atoms with Gasteiger partial charge in [0.2, 0.25) is 10.0 Å². The summed E-state index contributed by atoms with van der Waals surface area (Å²) in [5.74, 6) is -1.16. The number of hydrogen-bond acceptors (Lipinski definition) is 5. The van der Waals surface area contributed by atoms with Gasteiger partial charge in [-0.25, -0.2) is 17.9 Å². The molecule has 1 aromatic rings. The minimum atomic E-state index is -3.85. The van der Waals surface area contributed by atoms with Crippen molar-refractivity contribution >= 4 is 27.3 Å². The average molecular weight is 307 g/mol. The normalized spacial score (nSPS) is 15.2. The Morgan fingerprint density at radius 2 is 2.11 bits per heavy atom. The minimum absolute atomic E-state index is 0.0277. The number of aliphatic hydroxyl groups is 1. The molecule has 0 saturated carbocycles. The van der Waals surface area contributed by atoms with Crippen LogP contribution in [0.25, 0.3) is 0 Å². The van der Waals surface area contributed by atoms with Crippen molar-refractivity contribution in [3.63, 3.8) is 0 Å². The molecule has 0 radical (unpaired) electrons. The second kappa shape index (κ2) is 5.58. The molecule has 0 bridgehead atoms. The molecule has 8 heteroatoms. The first kappa shape index (κ1) is 16.1. The number of sulfonamides is 1. The summed E-state index contributed by atoms with van der Waals surface area (Å²) in [6.45, 7) is 4.55. The fraction of sp³-hybridized carbons (Fsp3) is 0.545. The Labute approximate surface area is 116 Å². The fourth-order valence-electron chi connectivity index (χ4n) is 1.43. The molecule has 1 atom stereocenters. The highest BCUT2D eigenvalue weighted by Gasteiger charge is 2.30. The molecule has 0 aliphatic heterocycles. The molecule has 6 nitrogen and oxygen atoms in total. The molecule has 0 amide bonds. The van der Waals surface area contributed by atoms with Gasteiger partial charge in [-0.1, -0.05) is 6.92 Å². The molecule has 3 N–H and O–H groups in total. The van der Waals surface area contributed by atoms with E-state index < -0.39 is 21.5 Å². The average Bonchev–Trinajstić information content (AvgIpc) is 2.71. The molecule has 0 aliphatic rings. The van der Waals surface area contributed by atoms with Crippen LogP contribution in [-0.4, -0.2) is 36.7 Å². The standard InChI is InChI=1S/C11H17NO5S2/c1-4-11(3,6-13)12-19(16,17)9-5-8(10(14)15)18-7(9)2/h5,12-13H,4,6H2,1-3H3,(H,14,15). The summed E-state index contributed by atoms with van der Waals surface area (Å²) in [5, 5.41) is 18.1. The van der Waals surface area contributed by atoms with Crippen LogP contribution in [0.15, 0.2) is 11.0 Å². The molecular weight excluding hydrogens is 290 g/mol. The molecule has 108 valence electrons. The highest BCUT2D eigenvalue weighted by atomic mass is 32.2. The van der Waals surface area contributed by atoms with Gasteiger partial charge in [0.15, 0.2) is 0 Å². The van der Waals surface area contributed by atoms with E-state index in [0.29, 0.717) is 11.3 Å². The SMILES string of the molecule is CCC(C)(CO)NS(=O)(=O)c1cc(C(=O)O)sc1C. The van der Waals surface area contributed by atoms with Crippen LogP contribution >= 0.6 is 11.3 Å². The Hall–Kier alpha value is -0.960. The number of thiophene rings is 1. The van der Waals surface area contributed by atoms with E-state index in [-0.39, 0.29) is 16.4 Å². The van der Waals surface area contributed by atoms with Gasteiger partial charge >= 0.3 is 5.97 Å². The van der Waals surface area contributed by atoms with Crippen molar-refractivity contribution in [1.29, 1.82) is 0 Å². The first-order chi connectivity index (χ1) is 8.65. The molecule has 1 aromatic heterocycles. The lowest BCUT2D eigenvalue weighted by Crippen LogP contribution is -2.48. The van der Waals surface area contributed by atoms with Crippen molar-refractivity contribution in [1.82, 2.24) is 4.72 Å². The highest BCUT2D eigenvalue weighted by Crippen LogP contribution is 2.27. The molecular formula is C11H17NO5S2. The van der Waals surface area contributed by atoms with Crippen molar-refractivity contribution in [2.45, 2.75) is 37.6 Å². The van der Waals surface area contributed by atoms with Gasteiger partial charge in [0.1, 0.15) is 4.88 Å². The van der Waals surface area contributed by atoms with Crippen LogP contribution in [0.1, 0.15) is 34.8 Å². The number of rotatable bonds is 6. The van der Waals surface area contributed by atoms with Gasteiger partial charge < -0.3 is 10.2 Å². The van der Waals surface area contributed by atoms with Gasteiger partial charge in [0, 0.05) is 4.88 Å². The maximum Gasteiger partial charge on any atom is 0.345 e. The Morgan fingerprint density at radius 3 is 2.47 bits per heavy atom. The molecule has 1 heterocycles. The maximum absolute atomic E-state index is 12.2. The summed E-state index contributed by atoms with van der Waals surface area (Å²) in [6.07, 6.45) is 0.414. The van der Waals surface area contributed by atoms with E-state index in [1.807, 2.05) is 0 Å². The number of nitrogens with one attached hydrogen (secondary N) is 1. The Balaban J connectivity index is 3.18. The van der Waals surface area contributed by atoms with Gasteiger partial charge in [-0.3, -0.25) is 0 Å². The molecule has 19 heavy (non-hydrogen) atoms. The smallest absolute Gasteiger partial charge is 0.345 e. The summed E-state index contributed by atoms with van der Waals surface area (Å²) in [5.41, 5.74) is -0.962. The minimum Gasteiger partial charge on any atom is -0.477 e. The predicted molar refractivity (Wildman–Crippen MR) is 72.1 cm³/mol. The number of aryl methyl sites for hydroxylation is 1. The van der Waals surface area contributed by atoms with Crippen LogP contribution in [-0.2, 0) is 10.0 Å². The number of aliphatic hydroxyl groups excluding tert-OH is 1. The van der Waals surface area contributed by atoms with Gasteiger partial charge in [-0.2, -0.15) is 0 Å². The van der Waals surface area contributed by atoms with Crippen LogP contribution < -0.4 is 4.72 Å². The Morgan fingerprint density at radius 1 is 1.53 bits per heavy atom. The van der Waals surface area contributed by atoms with E-state index in [4.69, 9.17) is 5.11 Å². The van der Waals surface area contributed by atoms with E-state index in [1.165, 1.54) is 0 Å². The Bertz CT molecular complexity index is 572. The van der Waals surface area contributed by atoms with Crippen molar-refractivity contribution in [3.05, 3.63) is 15.8 Å². The third-order valence-corrected chi connectivity index (χ3v) is 5.81. The van der Waals surface area contributed by atoms with Crippen LogP contribution in [0.5, 0.6) is 0 Å². The van der Waals surface area contributed by atoms with Crippen molar-refractivity contribution in [2.24, 2.45) is 0 Å². The van der Waals surface area contributed by atoms with Crippen LogP contribution in [0.3, 0.4) is 0 Å². The van der Waals surface area contributed by atoms with Crippen molar-refractivity contribution in [2.75, 3.05) is 6.61 Å². The lowest BCUT2D eigenvalue weighted by atomic mass is 10.0. The number of carbonyl (C=O) groups is 1. The third kappa shape index (κ3) is 3.53. The van der Waals surface area contributed by atoms with E-state index in [2.05, 4.69) is 4.72 Å². The maximum atomic E-state index is 12.2. The summed E-state index contributed by atoms with van der Waals surface area (Å²) in [4.78, 5) is 11.2. The van der Waals surface area contributed by atoms with E-state index >= 15 is 0 Å². The number of aromatic carboxylic acids is 1. The first-order valence-electron chi connectivity index (χ1n) is 5.64. The van der Waals surface area contributed by atoms with E-state index in [0.717, 1.165) is 17.4 Å². The van der Waals surface area contributed by atoms with Crippen LogP contribution in [0.4, 0.5) is 0 Å². The van der Waals surface area contributed by atoms with Gasteiger partial charge in [-0.05, 0) is 26.3 Å². The van der Waals surface area contributed by atoms with E-state index in [9.17, 15) is 18.3 Å². The summed E-state index contributed by atoms with van der Waals surface area (Å²) in [6, 6.07) is 1.14. The third-order valence-electron chi connectivity index (χ3n) is 2.88. The molecule has 1 unspecified atom stereocenters.